The minimum Gasteiger partial charge on any atom is -0.454 e. The predicted octanol–water partition coefficient (Wildman–Crippen LogP) is 5.68. The van der Waals surface area contributed by atoms with Gasteiger partial charge in [0.25, 0.3) is 0 Å². The van der Waals surface area contributed by atoms with E-state index in [9.17, 15) is 4.79 Å². The van der Waals surface area contributed by atoms with E-state index in [0.29, 0.717) is 36.9 Å². The van der Waals surface area contributed by atoms with Gasteiger partial charge in [-0.05, 0) is 55.0 Å². The summed E-state index contributed by atoms with van der Waals surface area (Å²) in [4.78, 5) is 21.7. The van der Waals surface area contributed by atoms with Crippen molar-refractivity contribution in [2.45, 2.75) is 6.92 Å². The van der Waals surface area contributed by atoms with Gasteiger partial charge in [0, 0.05) is 36.9 Å². The third-order valence-corrected chi connectivity index (χ3v) is 5.87. The molecule has 1 saturated heterocycles. The molecular formula is C25H23ClN4O2. The quantitative estimate of drug-likeness (QED) is 0.523. The Morgan fingerprint density at radius 1 is 0.969 bits per heavy atom. The largest absolute Gasteiger partial charge is 0.454 e. The Labute approximate surface area is 192 Å². The average molecular weight is 447 g/mol. The summed E-state index contributed by atoms with van der Waals surface area (Å²) in [6.07, 6.45) is 0. The van der Waals surface area contributed by atoms with Crippen LogP contribution in [-0.4, -0.2) is 47.8 Å². The van der Waals surface area contributed by atoms with Gasteiger partial charge in [-0.3, -0.25) is 0 Å². The molecule has 3 aromatic rings. The van der Waals surface area contributed by atoms with Crippen molar-refractivity contribution in [3.8, 4) is 11.5 Å². The fourth-order valence-corrected chi connectivity index (χ4v) is 4.15. The predicted molar refractivity (Wildman–Crippen MR) is 128 cm³/mol. The number of nitrogens with zero attached hydrogens (tertiary/aromatic N) is 3. The molecule has 0 radical (unpaired) electrons. The lowest BCUT2D eigenvalue weighted by Gasteiger charge is -2.36. The van der Waals surface area contributed by atoms with E-state index in [0.717, 1.165) is 34.1 Å². The van der Waals surface area contributed by atoms with Crippen LogP contribution in [0.4, 0.5) is 16.2 Å². The second-order valence-corrected chi connectivity index (χ2v) is 8.36. The monoisotopic (exact) mass is 446 g/mol. The summed E-state index contributed by atoms with van der Waals surface area (Å²) in [5, 5.41) is 3.52. The van der Waals surface area contributed by atoms with Gasteiger partial charge in [-0.1, -0.05) is 35.9 Å². The zero-order valence-corrected chi connectivity index (χ0v) is 18.5. The number of halogens is 1. The van der Waals surface area contributed by atoms with Crippen molar-refractivity contribution in [3.63, 3.8) is 0 Å². The molecular weight excluding hydrogens is 424 g/mol. The maximum absolute atomic E-state index is 12.7. The second-order valence-electron chi connectivity index (χ2n) is 7.92. The number of amides is 2. The molecule has 1 N–H and O–H groups in total. The Kier molecular flexibility index (Phi) is 5.45. The van der Waals surface area contributed by atoms with Gasteiger partial charge in [0.1, 0.15) is 17.3 Å². The molecule has 2 amide bonds. The van der Waals surface area contributed by atoms with E-state index >= 15 is 0 Å². The first-order valence-electron chi connectivity index (χ1n) is 10.6. The van der Waals surface area contributed by atoms with Crippen LogP contribution >= 0.6 is 11.6 Å². The molecule has 1 fully saturated rings. The smallest absolute Gasteiger partial charge is 0.321 e. The van der Waals surface area contributed by atoms with Crippen LogP contribution in [0.1, 0.15) is 11.1 Å². The number of amidine groups is 1. The summed E-state index contributed by atoms with van der Waals surface area (Å²) in [5.74, 6) is 2.42. The van der Waals surface area contributed by atoms with Crippen LogP contribution in [0.25, 0.3) is 0 Å². The van der Waals surface area contributed by atoms with Crippen LogP contribution < -0.4 is 10.1 Å². The van der Waals surface area contributed by atoms with Crippen molar-refractivity contribution in [3.05, 3.63) is 82.9 Å². The molecule has 0 saturated carbocycles. The average Bonchev–Trinajstić information content (AvgIpc) is 2.95. The first-order chi connectivity index (χ1) is 15.6. The normalized spacial score (nSPS) is 15.1. The number of carbonyl (C=O) groups excluding carboxylic acids is 1. The number of nitrogens with one attached hydrogen (secondary N) is 1. The van der Waals surface area contributed by atoms with Gasteiger partial charge >= 0.3 is 6.03 Å². The highest BCUT2D eigenvalue weighted by molar-refractivity contribution is 6.30. The number of ether oxygens (including phenoxy) is 1. The molecule has 0 unspecified atom stereocenters. The van der Waals surface area contributed by atoms with E-state index in [1.54, 1.807) is 12.1 Å². The SMILES string of the molecule is Cc1ccc2c(c1)Oc1ccccc1C(N1CCN(C(=O)Nc3cccc(Cl)c3)CC1)=N2. The van der Waals surface area contributed by atoms with Gasteiger partial charge in [-0.15, -0.1) is 0 Å². The van der Waals surface area contributed by atoms with Crippen LogP contribution in [-0.2, 0) is 0 Å². The maximum atomic E-state index is 12.7. The number of anilines is 1. The molecule has 6 nitrogen and oxygen atoms in total. The zero-order chi connectivity index (χ0) is 22.1. The first-order valence-corrected chi connectivity index (χ1v) is 11.0. The number of hydrogen-bond acceptors (Lipinski definition) is 4. The van der Waals surface area contributed by atoms with Crippen LogP contribution in [0.15, 0.2) is 71.7 Å². The Hall–Kier alpha value is -3.51. The van der Waals surface area contributed by atoms with E-state index < -0.39 is 0 Å². The molecule has 0 atom stereocenters. The minimum atomic E-state index is -0.126. The van der Waals surface area contributed by atoms with E-state index in [-0.39, 0.29) is 6.03 Å². The van der Waals surface area contributed by atoms with Crippen molar-refractivity contribution in [2.75, 3.05) is 31.5 Å². The van der Waals surface area contributed by atoms with Crippen LogP contribution in [0.3, 0.4) is 0 Å². The lowest BCUT2D eigenvalue weighted by atomic mass is 10.1. The van der Waals surface area contributed by atoms with Crippen molar-refractivity contribution < 1.29 is 9.53 Å². The molecule has 2 aliphatic heterocycles. The fourth-order valence-electron chi connectivity index (χ4n) is 3.96. The summed E-state index contributed by atoms with van der Waals surface area (Å²) < 4.78 is 6.21. The maximum Gasteiger partial charge on any atom is 0.321 e. The molecule has 162 valence electrons. The molecule has 0 aliphatic carbocycles. The zero-order valence-electron chi connectivity index (χ0n) is 17.7. The molecule has 0 bridgehead atoms. The molecule has 32 heavy (non-hydrogen) atoms. The molecule has 3 aromatic carbocycles. The molecule has 2 aliphatic rings. The lowest BCUT2D eigenvalue weighted by molar-refractivity contribution is 0.181. The number of benzene rings is 3. The third-order valence-electron chi connectivity index (χ3n) is 5.63. The number of carbonyl (C=O) groups is 1. The van der Waals surface area contributed by atoms with E-state index in [2.05, 4.69) is 10.2 Å². The van der Waals surface area contributed by atoms with Gasteiger partial charge in [-0.2, -0.15) is 0 Å². The van der Waals surface area contributed by atoms with Crippen LogP contribution in [0.5, 0.6) is 11.5 Å². The number of urea groups is 1. The minimum absolute atomic E-state index is 0.126. The Morgan fingerprint density at radius 3 is 2.59 bits per heavy atom. The number of aliphatic imine (C=N–C) groups is 1. The van der Waals surface area contributed by atoms with Crippen LogP contribution in [0, 0.1) is 6.92 Å². The molecule has 5 rings (SSSR count). The summed E-state index contributed by atoms with van der Waals surface area (Å²) in [6, 6.07) is 21.1. The highest BCUT2D eigenvalue weighted by Crippen LogP contribution is 2.38. The topological polar surface area (TPSA) is 57.2 Å². The molecule has 0 aromatic heterocycles. The van der Waals surface area contributed by atoms with Gasteiger partial charge in [0.2, 0.25) is 0 Å². The summed E-state index contributed by atoms with van der Waals surface area (Å²) in [5.41, 5.74) is 3.58. The summed E-state index contributed by atoms with van der Waals surface area (Å²) in [6.45, 7) is 4.58. The van der Waals surface area contributed by atoms with Gasteiger partial charge < -0.3 is 19.9 Å². The molecule has 0 spiro atoms. The van der Waals surface area contributed by atoms with Gasteiger partial charge in [0.05, 0.1) is 5.56 Å². The molecule has 7 heteroatoms. The highest BCUT2D eigenvalue weighted by atomic mass is 35.5. The number of piperazine rings is 1. The standard InChI is InChI=1S/C25H23ClN4O2/c1-17-9-10-21-23(15-17)32-22-8-3-2-7-20(22)24(28-21)29-11-13-30(14-12-29)25(31)27-19-6-4-5-18(26)16-19/h2-10,15-16H,11-14H2,1H3,(H,27,31). The number of aryl methyl sites for hydroxylation is 1. The van der Waals surface area contributed by atoms with Crippen molar-refractivity contribution in [1.82, 2.24) is 9.80 Å². The fraction of sp³-hybridized carbons (Fsp3) is 0.200. The number of hydrogen-bond donors (Lipinski definition) is 1. The van der Waals surface area contributed by atoms with Crippen molar-refractivity contribution in [2.24, 2.45) is 4.99 Å². The van der Waals surface area contributed by atoms with E-state index in [1.807, 2.05) is 66.4 Å². The summed E-state index contributed by atoms with van der Waals surface area (Å²) >= 11 is 6.02. The first kappa shape index (κ1) is 20.4. The van der Waals surface area contributed by atoms with Gasteiger partial charge in [0.15, 0.2) is 5.75 Å². The molecule has 2 heterocycles. The van der Waals surface area contributed by atoms with Gasteiger partial charge in [-0.25, -0.2) is 9.79 Å². The summed E-state index contributed by atoms with van der Waals surface area (Å²) in [7, 11) is 0. The number of fused-ring (bicyclic) bond motifs is 2. The third kappa shape index (κ3) is 4.14. The Bertz CT molecular complexity index is 1200. The number of rotatable bonds is 1. The lowest BCUT2D eigenvalue weighted by Crippen LogP contribution is -2.51. The van der Waals surface area contributed by atoms with Crippen LogP contribution in [0.2, 0.25) is 5.02 Å². The van der Waals surface area contributed by atoms with E-state index in [4.69, 9.17) is 21.3 Å². The highest BCUT2D eigenvalue weighted by Gasteiger charge is 2.27. The van der Waals surface area contributed by atoms with E-state index in [1.165, 1.54) is 0 Å². The Morgan fingerprint density at radius 2 is 1.78 bits per heavy atom. The number of para-hydroxylation sites is 1. The second kappa shape index (κ2) is 8.55. The van der Waals surface area contributed by atoms with Crippen molar-refractivity contribution >= 4 is 34.8 Å². The van der Waals surface area contributed by atoms with Crippen molar-refractivity contribution in [1.29, 1.82) is 0 Å². The Balaban J connectivity index is 1.35.